The van der Waals surface area contributed by atoms with Crippen molar-refractivity contribution in [3.8, 4) is 11.5 Å². The zero-order valence-corrected chi connectivity index (χ0v) is 13.1. The van der Waals surface area contributed by atoms with Gasteiger partial charge in [-0.15, -0.1) is 0 Å². The number of hydrogen-bond acceptors (Lipinski definition) is 2. The standard InChI is InChI=1S/C16H10BrClFNO/c17-11-7-14(20)16(8-13(11)19)21-15-6-5-12(18)9-3-1-2-4-10(9)15/h1-8H,20H2. The Kier molecular flexibility index (Phi) is 3.74. The van der Waals surface area contributed by atoms with Crippen LogP contribution < -0.4 is 10.5 Å². The highest BCUT2D eigenvalue weighted by Gasteiger charge is 2.11. The third kappa shape index (κ3) is 2.69. The average Bonchev–Trinajstić information content (AvgIpc) is 2.48. The number of benzene rings is 3. The van der Waals surface area contributed by atoms with Crippen LogP contribution in [-0.2, 0) is 0 Å². The van der Waals surface area contributed by atoms with Crippen molar-refractivity contribution in [2.24, 2.45) is 0 Å². The molecule has 106 valence electrons. The number of nitrogen functional groups attached to an aromatic ring is 1. The lowest BCUT2D eigenvalue weighted by molar-refractivity contribution is 0.484. The minimum atomic E-state index is -0.433. The summed E-state index contributed by atoms with van der Waals surface area (Å²) in [7, 11) is 0. The molecule has 3 aromatic rings. The van der Waals surface area contributed by atoms with E-state index in [4.69, 9.17) is 22.1 Å². The summed E-state index contributed by atoms with van der Waals surface area (Å²) in [6.45, 7) is 0. The van der Waals surface area contributed by atoms with Crippen LogP contribution in [0.5, 0.6) is 11.5 Å². The van der Waals surface area contributed by atoms with Gasteiger partial charge in [0.1, 0.15) is 11.6 Å². The second-order valence-corrected chi connectivity index (χ2v) is 5.76. The van der Waals surface area contributed by atoms with Crippen LogP contribution >= 0.6 is 27.5 Å². The van der Waals surface area contributed by atoms with Crippen molar-refractivity contribution in [3.05, 3.63) is 63.8 Å². The lowest BCUT2D eigenvalue weighted by atomic mass is 10.1. The van der Waals surface area contributed by atoms with E-state index >= 15 is 0 Å². The second-order valence-electron chi connectivity index (χ2n) is 4.50. The minimum Gasteiger partial charge on any atom is -0.454 e. The molecule has 0 saturated carbocycles. The molecule has 2 nitrogen and oxygen atoms in total. The van der Waals surface area contributed by atoms with E-state index in [0.29, 0.717) is 20.9 Å². The molecule has 21 heavy (non-hydrogen) atoms. The van der Waals surface area contributed by atoms with Crippen LogP contribution in [0, 0.1) is 5.82 Å². The van der Waals surface area contributed by atoms with Gasteiger partial charge in [-0.05, 0) is 34.1 Å². The van der Waals surface area contributed by atoms with Crippen LogP contribution in [0.4, 0.5) is 10.1 Å². The van der Waals surface area contributed by atoms with Crippen LogP contribution in [0.1, 0.15) is 0 Å². The maximum absolute atomic E-state index is 13.6. The highest BCUT2D eigenvalue weighted by Crippen LogP contribution is 2.37. The fourth-order valence-corrected chi connectivity index (χ4v) is 2.66. The number of hydrogen-bond donors (Lipinski definition) is 1. The maximum atomic E-state index is 13.6. The van der Waals surface area contributed by atoms with Crippen molar-refractivity contribution >= 4 is 44.0 Å². The molecule has 3 aromatic carbocycles. The first kappa shape index (κ1) is 14.2. The van der Waals surface area contributed by atoms with Crippen LogP contribution in [0.25, 0.3) is 10.8 Å². The molecule has 0 atom stereocenters. The summed E-state index contributed by atoms with van der Waals surface area (Å²) >= 11 is 9.25. The highest BCUT2D eigenvalue weighted by molar-refractivity contribution is 9.10. The van der Waals surface area contributed by atoms with Crippen LogP contribution in [0.3, 0.4) is 0 Å². The second kappa shape index (κ2) is 5.54. The van der Waals surface area contributed by atoms with Crippen molar-refractivity contribution in [2.45, 2.75) is 0 Å². The number of halogens is 3. The topological polar surface area (TPSA) is 35.2 Å². The third-order valence-corrected chi connectivity index (χ3v) is 4.04. The summed E-state index contributed by atoms with van der Waals surface area (Å²) in [4.78, 5) is 0. The Bertz CT molecular complexity index is 838. The van der Waals surface area contributed by atoms with Gasteiger partial charge in [0, 0.05) is 21.9 Å². The van der Waals surface area contributed by atoms with Gasteiger partial charge in [-0.25, -0.2) is 4.39 Å². The number of nitrogens with two attached hydrogens (primary N) is 1. The summed E-state index contributed by atoms with van der Waals surface area (Å²) in [5, 5.41) is 2.34. The zero-order chi connectivity index (χ0) is 15.0. The summed E-state index contributed by atoms with van der Waals surface area (Å²) < 4.78 is 19.7. The SMILES string of the molecule is Nc1cc(Br)c(F)cc1Oc1ccc(Cl)c2ccccc12. The smallest absolute Gasteiger partial charge is 0.153 e. The molecule has 0 aromatic heterocycles. The predicted octanol–water partition coefficient (Wildman–Crippen LogP) is 5.77. The molecule has 0 spiro atoms. The van der Waals surface area contributed by atoms with E-state index in [1.807, 2.05) is 24.3 Å². The monoisotopic (exact) mass is 365 g/mol. The molecule has 0 heterocycles. The van der Waals surface area contributed by atoms with Gasteiger partial charge in [0.05, 0.1) is 10.2 Å². The van der Waals surface area contributed by atoms with Crippen molar-refractivity contribution in [1.82, 2.24) is 0 Å². The molecule has 0 radical (unpaired) electrons. The largest absolute Gasteiger partial charge is 0.454 e. The Balaban J connectivity index is 2.11. The molecular weight excluding hydrogens is 357 g/mol. The maximum Gasteiger partial charge on any atom is 0.153 e. The van der Waals surface area contributed by atoms with Crippen molar-refractivity contribution in [2.75, 3.05) is 5.73 Å². The fourth-order valence-electron chi connectivity index (χ4n) is 2.07. The third-order valence-electron chi connectivity index (χ3n) is 3.10. The quantitative estimate of drug-likeness (QED) is 0.584. The van der Waals surface area contributed by atoms with Crippen LogP contribution in [0.15, 0.2) is 53.0 Å². The Labute approximate surface area is 134 Å². The van der Waals surface area contributed by atoms with Gasteiger partial charge < -0.3 is 10.5 Å². The van der Waals surface area contributed by atoms with Gasteiger partial charge in [0.25, 0.3) is 0 Å². The van der Waals surface area contributed by atoms with Crippen molar-refractivity contribution in [3.63, 3.8) is 0 Å². The molecule has 5 heteroatoms. The Morgan fingerprint density at radius 1 is 1.00 bits per heavy atom. The van der Waals surface area contributed by atoms with E-state index in [1.54, 1.807) is 12.1 Å². The molecular formula is C16H10BrClFNO. The predicted molar refractivity (Wildman–Crippen MR) is 87.5 cm³/mol. The lowest BCUT2D eigenvalue weighted by Crippen LogP contribution is -1.94. The van der Waals surface area contributed by atoms with Gasteiger partial charge in [0.2, 0.25) is 0 Å². The molecule has 0 amide bonds. The summed E-state index contributed by atoms with van der Waals surface area (Å²) in [6.07, 6.45) is 0. The number of fused-ring (bicyclic) bond motifs is 1. The molecule has 0 aliphatic heterocycles. The fraction of sp³-hybridized carbons (Fsp3) is 0. The molecule has 0 saturated heterocycles. The molecule has 2 N–H and O–H groups in total. The van der Waals surface area contributed by atoms with Gasteiger partial charge in [0.15, 0.2) is 5.75 Å². The zero-order valence-electron chi connectivity index (χ0n) is 10.7. The van der Waals surface area contributed by atoms with Gasteiger partial charge >= 0.3 is 0 Å². The van der Waals surface area contributed by atoms with Crippen molar-refractivity contribution < 1.29 is 9.13 Å². The first-order valence-electron chi connectivity index (χ1n) is 6.16. The van der Waals surface area contributed by atoms with E-state index in [9.17, 15) is 4.39 Å². The van der Waals surface area contributed by atoms with E-state index in [1.165, 1.54) is 12.1 Å². The Morgan fingerprint density at radius 2 is 1.71 bits per heavy atom. The van der Waals surface area contributed by atoms with E-state index < -0.39 is 5.82 Å². The minimum absolute atomic E-state index is 0.267. The molecule has 0 aliphatic rings. The van der Waals surface area contributed by atoms with E-state index in [-0.39, 0.29) is 5.75 Å². The number of anilines is 1. The number of ether oxygens (including phenoxy) is 1. The van der Waals surface area contributed by atoms with Crippen molar-refractivity contribution in [1.29, 1.82) is 0 Å². The molecule has 0 aliphatic carbocycles. The normalized spacial score (nSPS) is 10.8. The summed E-state index contributed by atoms with van der Waals surface area (Å²) in [6, 6.07) is 13.8. The number of rotatable bonds is 2. The van der Waals surface area contributed by atoms with Gasteiger partial charge in [-0.3, -0.25) is 0 Å². The van der Waals surface area contributed by atoms with Crippen LogP contribution in [-0.4, -0.2) is 0 Å². The van der Waals surface area contributed by atoms with Gasteiger partial charge in [-0.2, -0.15) is 0 Å². The molecule has 0 unspecified atom stereocenters. The summed E-state index contributed by atoms with van der Waals surface area (Å²) in [5.74, 6) is 0.407. The lowest BCUT2D eigenvalue weighted by Gasteiger charge is -2.12. The highest BCUT2D eigenvalue weighted by atomic mass is 79.9. The summed E-state index contributed by atoms with van der Waals surface area (Å²) in [5.41, 5.74) is 6.21. The first-order valence-corrected chi connectivity index (χ1v) is 7.33. The molecule has 3 rings (SSSR count). The van der Waals surface area contributed by atoms with Gasteiger partial charge in [-0.1, -0.05) is 35.9 Å². The van der Waals surface area contributed by atoms with Crippen LogP contribution in [0.2, 0.25) is 5.02 Å². The average molecular weight is 367 g/mol. The molecule has 0 fully saturated rings. The Hall–Kier alpha value is -1.78. The van der Waals surface area contributed by atoms with E-state index in [0.717, 1.165) is 10.8 Å². The molecule has 0 bridgehead atoms. The Morgan fingerprint density at radius 3 is 2.48 bits per heavy atom. The first-order chi connectivity index (χ1) is 10.1. The van der Waals surface area contributed by atoms with E-state index in [2.05, 4.69) is 15.9 Å².